The molecule has 0 fully saturated rings. The monoisotopic (exact) mass is 791 g/mol. The summed E-state index contributed by atoms with van der Waals surface area (Å²) in [5, 5.41) is 11.8. The van der Waals surface area contributed by atoms with Crippen LogP contribution in [0.5, 0.6) is 0 Å². The molecule has 0 saturated heterocycles. The lowest BCUT2D eigenvalue weighted by Crippen LogP contribution is -2.15. The standard InChI is InChI=1S/C58H37N3O/c1-58(2)49-22-12-10-20-45(49)53-50(58)33-48(52-46-21-11-13-23-51(46)62-54(52)53)57-60-55(59-56(61-57)44-19-9-8-18-39(44)34-14-4-3-5-15-34)37-25-24-36-27-29-42-41-28-26-35-16-6-7-17-38(35)40(41)30-31-43(42)47(36)32-37/h3-33H,1-2H3. The quantitative estimate of drug-likeness (QED) is 0.167. The fraction of sp³-hybridized carbons (Fsp3) is 0.0517. The molecule has 1 aliphatic rings. The van der Waals surface area contributed by atoms with Crippen molar-refractivity contribution in [2.24, 2.45) is 0 Å². The van der Waals surface area contributed by atoms with Crippen LogP contribution in [0.15, 0.2) is 192 Å². The number of hydrogen-bond donors (Lipinski definition) is 0. The number of nitrogens with zero attached hydrogens (tertiary/aromatic N) is 3. The van der Waals surface area contributed by atoms with Gasteiger partial charge in [-0.1, -0.05) is 184 Å². The molecule has 0 saturated carbocycles. The van der Waals surface area contributed by atoms with E-state index in [1.165, 1.54) is 49.0 Å². The fourth-order valence-corrected chi connectivity index (χ4v) is 10.3. The van der Waals surface area contributed by atoms with Gasteiger partial charge in [0.2, 0.25) is 0 Å². The number of rotatable bonds is 4. The Morgan fingerprint density at radius 3 is 1.74 bits per heavy atom. The molecule has 62 heavy (non-hydrogen) atoms. The van der Waals surface area contributed by atoms with Crippen LogP contribution in [-0.2, 0) is 5.41 Å². The second-order valence-corrected chi connectivity index (χ2v) is 17.1. The van der Waals surface area contributed by atoms with Crippen LogP contribution in [0.1, 0.15) is 25.0 Å². The molecule has 2 aromatic heterocycles. The first-order valence-electron chi connectivity index (χ1n) is 21.3. The highest BCUT2D eigenvalue weighted by atomic mass is 16.3. The van der Waals surface area contributed by atoms with E-state index < -0.39 is 0 Å². The molecular weight excluding hydrogens is 755 g/mol. The normalized spacial score (nSPS) is 13.1. The minimum atomic E-state index is -0.275. The van der Waals surface area contributed by atoms with Crippen LogP contribution >= 0.6 is 0 Å². The molecule has 4 heteroatoms. The van der Waals surface area contributed by atoms with E-state index in [1.54, 1.807) is 0 Å². The molecule has 12 aromatic rings. The highest BCUT2D eigenvalue weighted by molar-refractivity contribution is 6.22. The zero-order valence-corrected chi connectivity index (χ0v) is 34.1. The molecule has 290 valence electrons. The van der Waals surface area contributed by atoms with Crippen LogP contribution in [0, 0.1) is 0 Å². The molecule has 0 amide bonds. The molecular formula is C58H37N3O. The highest BCUT2D eigenvalue weighted by Crippen LogP contribution is 2.54. The molecule has 13 rings (SSSR count). The van der Waals surface area contributed by atoms with Gasteiger partial charge < -0.3 is 4.42 Å². The Bertz CT molecular complexity index is 3840. The van der Waals surface area contributed by atoms with Crippen molar-refractivity contribution in [1.82, 2.24) is 15.0 Å². The van der Waals surface area contributed by atoms with Crippen molar-refractivity contribution in [2.45, 2.75) is 19.3 Å². The Kier molecular flexibility index (Phi) is 7.32. The van der Waals surface area contributed by atoms with Crippen LogP contribution in [0.2, 0.25) is 0 Å². The van der Waals surface area contributed by atoms with E-state index in [-0.39, 0.29) is 5.41 Å². The lowest BCUT2D eigenvalue weighted by Gasteiger charge is -2.22. The molecule has 10 aromatic carbocycles. The molecule has 0 radical (unpaired) electrons. The van der Waals surface area contributed by atoms with Crippen LogP contribution in [0.4, 0.5) is 0 Å². The van der Waals surface area contributed by atoms with Gasteiger partial charge in [0, 0.05) is 38.4 Å². The van der Waals surface area contributed by atoms with Gasteiger partial charge in [0.1, 0.15) is 11.2 Å². The number of fused-ring (bicyclic) bond motifs is 14. The molecule has 0 bridgehead atoms. The van der Waals surface area contributed by atoms with Gasteiger partial charge in [-0.15, -0.1) is 0 Å². The average Bonchev–Trinajstić information content (AvgIpc) is 3.83. The Morgan fingerprint density at radius 2 is 0.935 bits per heavy atom. The van der Waals surface area contributed by atoms with Gasteiger partial charge in [-0.25, -0.2) is 15.0 Å². The maximum Gasteiger partial charge on any atom is 0.164 e. The van der Waals surface area contributed by atoms with Crippen LogP contribution in [0.3, 0.4) is 0 Å². The third-order valence-electron chi connectivity index (χ3n) is 13.3. The zero-order valence-electron chi connectivity index (χ0n) is 34.1. The lowest BCUT2D eigenvalue weighted by atomic mass is 9.81. The van der Waals surface area contributed by atoms with Crippen molar-refractivity contribution in [3.8, 4) is 56.4 Å². The number of furan rings is 1. The lowest BCUT2D eigenvalue weighted by molar-refractivity contribution is 0.653. The van der Waals surface area contributed by atoms with E-state index >= 15 is 0 Å². The summed E-state index contributed by atoms with van der Waals surface area (Å²) in [7, 11) is 0. The number of aromatic nitrogens is 3. The molecule has 0 unspecified atom stereocenters. The summed E-state index contributed by atoms with van der Waals surface area (Å²) in [5.41, 5.74) is 11.2. The number of benzene rings is 10. The third kappa shape index (κ3) is 5.04. The fourth-order valence-electron chi connectivity index (χ4n) is 10.3. The summed E-state index contributed by atoms with van der Waals surface area (Å²) in [5.74, 6) is 1.83. The maximum atomic E-state index is 6.89. The second kappa shape index (κ2) is 13.0. The summed E-state index contributed by atoms with van der Waals surface area (Å²) in [6.07, 6.45) is 0. The van der Waals surface area contributed by atoms with Crippen LogP contribution in [0.25, 0.3) is 121 Å². The van der Waals surface area contributed by atoms with E-state index in [1.807, 2.05) is 12.1 Å². The molecule has 0 spiro atoms. The molecule has 4 nitrogen and oxygen atoms in total. The third-order valence-corrected chi connectivity index (χ3v) is 13.3. The Labute approximate surface area is 357 Å². The first-order valence-corrected chi connectivity index (χ1v) is 21.3. The van der Waals surface area contributed by atoms with Crippen molar-refractivity contribution in [2.75, 3.05) is 0 Å². The van der Waals surface area contributed by atoms with Crippen molar-refractivity contribution < 1.29 is 4.42 Å². The summed E-state index contributed by atoms with van der Waals surface area (Å²) in [4.78, 5) is 16.3. The minimum Gasteiger partial charge on any atom is -0.455 e. The predicted molar refractivity (Wildman–Crippen MR) is 256 cm³/mol. The van der Waals surface area contributed by atoms with Gasteiger partial charge in [-0.2, -0.15) is 0 Å². The first kappa shape index (κ1) is 34.9. The summed E-state index contributed by atoms with van der Waals surface area (Å²) < 4.78 is 6.89. The van der Waals surface area contributed by atoms with Crippen molar-refractivity contribution >= 4 is 65.0 Å². The van der Waals surface area contributed by atoms with Crippen molar-refractivity contribution in [1.29, 1.82) is 0 Å². The van der Waals surface area contributed by atoms with E-state index in [0.717, 1.165) is 66.1 Å². The Balaban J connectivity index is 1.10. The number of para-hydroxylation sites is 1. The Morgan fingerprint density at radius 1 is 0.371 bits per heavy atom. The smallest absolute Gasteiger partial charge is 0.164 e. The summed E-state index contributed by atoms with van der Waals surface area (Å²) >= 11 is 0. The molecule has 1 aliphatic carbocycles. The average molecular weight is 792 g/mol. The Hall–Kier alpha value is -7.95. The van der Waals surface area contributed by atoms with Crippen LogP contribution in [-0.4, -0.2) is 15.0 Å². The van der Waals surface area contributed by atoms with Crippen molar-refractivity contribution in [3.63, 3.8) is 0 Å². The summed E-state index contributed by atoms with van der Waals surface area (Å²) in [6, 6.07) is 67.1. The van der Waals surface area contributed by atoms with E-state index in [0.29, 0.717) is 17.5 Å². The largest absolute Gasteiger partial charge is 0.455 e. The van der Waals surface area contributed by atoms with Crippen molar-refractivity contribution in [3.05, 3.63) is 199 Å². The van der Waals surface area contributed by atoms with Gasteiger partial charge in [-0.05, 0) is 89.1 Å². The highest BCUT2D eigenvalue weighted by Gasteiger charge is 2.39. The molecule has 0 atom stereocenters. The second-order valence-electron chi connectivity index (χ2n) is 17.1. The molecule has 2 heterocycles. The van der Waals surface area contributed by atoms with E-state index in [2.05, 4.69) is 190 Å². The van der Waals surface area contributed by atoms with Gasteiger partial charge in [0.05, 0.1) is 0 Å². The SMILES string of the molecule is CC1(C)c2ccccc2-c2c1cc(-c1nc(-c3ccc4ccc5c(ccc6c7ccccc7ccc65)c4c3)nc(-c3ccccc3-c3ccccc3)n1)c1c2oc2ccccc21. The molecule has 0 aliphatic heterocycles. The maximum absolute atomic E-state index is 6.89. The first-order chi connectivity index (χ1) is 30.5. The van der Waals surface area contributed by atoms with Gasteiger partial charge in [-0.3, -0.25) is 0 Å². The minimum absolute atomic E-state index is 0.275. The zero-order chi connectivity index (χ0) is 41.1. The summed E-state index contributed by atoms with van der Waals surface area (Å²) in [6.45, 7) is 4.61. The topological polar surface area (TPSA) is 51.8 Å². The predicted octanol–water partition coefficient (Wildman–Crippen LogP) is 15.4. The van der Waals surface area contributed by atoms with E-state index in [9.17, 15) is 0 Å². The van der Waals surface area contributed by atoms with Crippen LogP contribution < -0.4 is 0 Å². The van der Waals surface area contributed by atoms with Gasteiger partial charge in [0.15, 0.2) is 17.5 Å². The van der Waals surface area contributed by atoms with Gasteiger partial charge in [0.25, 0.3) is 0 Å². The number of hydrogen-bond acceptors (Lipinski definition) is 4. The molecule has 0 N–H and O–H groups in total. The van der Waals surface area contributed by atoms with E-state index in [4.69, 9.17) is 19.4 Å². The van der Waals surface area contributed by atoms with Gasteiger partial charge >= 0.3 is 0 Å².